The van der Waals surface area contributed by atoms with E-state index in [1.807, 2.05) is 5.40 Å². The fourth-order valence-electron chi connectivity index (χ4n) is 1.72. The third kappa shape index (κ3) is 2.76. The van der Waals surface area contributed by atoms with Crippen LogP contribution in [0.4, 0.5) is 5.69 Å². The molecule has 2 rings (SSSR count). The van der Waals surface area contributed by atoms with Gasteiger partial charge in [-0.1, -0.05) is 27.5 Å². The molecule has 0 bridgehead atoms. The van der Waals surface area contributed by atoms with Crippen LogP contribution in [0.2, 0.25) is 5.02 Å². The van der Waals surface area contributed by atoms with Crippen LogP contribution in [-0.4, -0.2) is 17.3 Å². The number of hydrogen-bond donors (Lipinski definition) is 0. The molecule has 1 aromatic carbocycles. The quantitative estimate of drug-likeness (QED) is 0.474. The predicted octanol–water partition coefficient (Wildman–Crippen LogP) is 3.41. The summed E-state index contributed by atoms with van der Waals surface area (Å²) in [5.41, 5.74) is 0.709. The van der Waals surface area contributed by atoms with E-state index in [-0.39, 0.29) is 10.7 Å². The molecule has 0 aliphatic carbocycles. The molecule has 1 aliphatic heterocycles. The largest absolute Gasteiger partial charge is 0.310 e. The monoisotopic (exact) mass is 330 g/mol. The van der Waals surface area contributed by atoms with Crippen molar-refractivity contribution in [2.45, 2.75) is 16.1 Å². The van der Waals surface area contributed by atoms with Crippen LogP contribution in [-0.2, 0) is 4.79 Å². The van der Waals surface area contributed by atoms with Gasteiger partial charge < -0.3 is 4.90 Å². The minimum Gasteiger partial charge on any atom is -0.310 e. The average molecular weight is 332 g/mol. The molecule has 1 unspecified atom stereocenters. The zero-order valence-corrected chi connectivity index (χ0v) is 11.8. The third-order valence-electron chi connectivity index (χ3n) is 2.45. The Hall–Kier alpha value is -0.700. The molecule has 1 aromatic rings. The summed E-state index contributed by atoms with van der Waals surface area (Å²) in [5, 5.41) is 11.1. The van der Waals surface area contributed by atoms with Crippen LogP contribution < -0.4 is 4.90 Å². The molecule has 0 saturated carbocycles. The standard InChI is InChI=1S/C11H8BrClN2OS/c12-7-3-11(16)15(5-7)10-2-1-8(17-6-14)4-9(10)13/h1-2,4,7H,3,5H2. The average Bonchev–Trinajstić information content (AvgIpc) is 2.58. The van der Waals surface area contributed by atoms with Gasteiger partial charge in [-0.25, -0.2) is 0 Å². The second-order valence-corrected chi connectivity index (χ2v) is 6.17. The molecule has 3 nitrogen and oxygen atoms in total. The van der Waals surface area contributed by atoms with E-state index in [0.717, 1.165) is 16.7 Å². The summed E-state index contributed by atoms with van der Waals surface area (Å²) in [6, 6.07) is 5.29. The van der Waals surface area contributed by atoms with Crippen molar-refractivity contribution in [3.8, 4) is 5.40 Å². The van der Waals surface area contributed by atoms with E-state index in [1.54, 1.807) is 23.1 Å². The molecule has 88 valence electrons. The minimum absolute atomic E-state index is 0.0643. The molecule has 1 amide bonds. The van der Waals surface area contributed by atoms with Gasteiger partial charge in [-0.3, -0.25) is 4.79 Å². The van der Waals surface area contributed by atoms with Gasteiger partial charge in [0.1, 0.15) is 5.40 Å². The summed E-state index contributed by atoms with van der Waals surface area (Å²) in [5.74, 6) is 0.0643. The predicted molar refractivity (Wildman–Crippen MR) is 72.6 cm³/mol. The van der Waals surface area contributed by atoms with Gasteiger partial charge in [-0.15, -0.1) is 0 Å². The molecule has 0 spiro atoms. The van der Waals surface area contributed by atoms with Gasteiger partial charge in [-0.05, 0) is 30.0 Å². The normalized spacial score (nSPS) is 19.5. The van der Waals surface area contributed by atoms with Gasteiger partial charge in [-0.2, -0.15) is 5.26 Å². The van der Waals surface area contributed by atoms with Gasteiger partial charge in [0.25, 0.3) is 0 Å². The van der Waals surface area contributed by atoms with Crippen molar-refractivity contribution in [3.05, 3.63) is 23.2 Å². The van der Waals surface area contributed by atoms with Crippen molar-refractivity contribution in [1.82, 2.24) is 0 Å². The van der Waals surface area contributed by atoms with Crippen LogP contribution >= 0.6 is 39.3 Å². The fourth-order valence-corrected chi connectivity index (χ4v) is 3.05. The Labute approximate surface area is 117 Å². The number of hydrogen-bond acceptors (Lipinski definition) is 3. The summed E-state index contributed by atoms with van der Waals surface area (Å²) in [7, 11) is 0. The van der Waals surface area contributed by atoms with Crippen molar-refractivity contribution in [2.24, 2.45) is 0 Å². The van der Waals surface area contributed by atoms with Gasteiger partial charge in [0, 0.05) is 22.7 Å². The summed E-state index contributed by atoms with van der Waals surface area (Å²) in [4.78, 5) is 14.4. The summed E-state index contributed by atoms with van der Waals surface area (Å²) < 4.78 is 0. The van der Waals surface area contributed by atoms with Gasteiger partial charge >= 0.3 is 0 Å². The van der Waals surface area contributed by atoms with Gasteiger partial charge in [0.2, 0.25) is 5.91 Å². The number of rotatable bonds is 2. The van der Waals surface area contributed by atoms with E-state index in [4.69, 9.17) is 16.9 Å². The number of alkyl halides is 1. The van der Waals surface area contributed by atoms with Crippen LogP contribution in [0.25, 0.3) is 0 Å². The van der Waals surface area contributed by atoms with Crippen LogP contribution in [0.5, 0.6) is 0 Å². The van der Waals surface area contributed by atoms with Gasteiger partial charge in [0.05, 0.1) is 10.7 Å². The molecule has 17 heavy (non-hydrogen) atoms. The van der Waals surface area contributed by atoms with Crippen molar-refractivity contribution in [3.63, 3.8) is 0 Å². The number of nitriles is 1. The first kappa shape index (κ1) is 12.7. The Morgan fingerprint density at radius 3 is 2.88 bits per heavy atom. The van der Waals surface area contributed by atoms with E-state index in [2.05, 4.69) is 15.9 Å². The molecule has 1 aliphatic rings. The first-order chi connectivity index (χ1) is 8.11. The first-order valence-electron chi connectivity index (χ1n) is 4.91. The Morgan fingerprint density at radius 1 is 1.59 bits per heavy atom. The molecule has 0 radical (unpaired) electrons. The van der Waals surface area contributed by atoms with E-state index in [0.29, 0.717) is 23.7 Å². The maximum Gasteiger partial charge on any atom is 0.228 e. The molecule has 0 aromatic heterocycles. The molecular weight excluding hydrogens is 324 g/mol. The van der Waals surface area contributed by atoms with Crippen LogP contribution in [0.15, 0.2) is 23.1 Å². The van der Waals surface area contributed by atoms with Crippen molar-refractivity contribution in [2.75, 3.05) is 11.4 Å². The number of carbonyl (C=O) groups is 1. The van der Waals surface area contributed by atoms with Crippen LogP contribution in [0.3, 0.4) is 0 Å². The number of thioether (sulfide) groups is 1. The highest BCUT2D eigenvalue weighted by molar-refractivity contribution is 9.09. The van der Waals surface area contributed by atoms with E-state index >= 15 is 0 Å². The molecule has 6 heteroatoms. The summed E-state index contributed by atoms with van der Waals surface area (Å²) >= 11 is 10.6. The maximum atomic E-state index is 11.7. The van der Waals surface area contributed by atoms with Crippen molar-refractivity contribution < 1.29 is 4.79 Å². The minimum atomic E-state index is 0.0643. The fraction of sp³-hybridized carbons (Fsp3) is 0.273. The zero-order chi connectivity index (χ0) is 12.4. The molecule has 1 saturated heterocycles. The summed E-state index contributed by atoms with van der Waals surface area (Å²) in [6.45, 7) is 0.628. The highest BCUT2D eigenvalue weighted by atomic mass is 79.9. The number of amides is 1. The lowest BCUT2D eigenvalue weighted by Gasteiger charge is -2.17. The first-order valence-corrected chi connectivity index (χ1v) is 7.02. The number of halogens is 2. The summed E-state index contributed by atoms with van der Waals surface area (Å²) in [6.07, 6.45) is 0.491. The second kappa shape index (κ2) is 5.30. The Morgan fingerprint density at radius 2 is 2.35 bits per heavy atom. The number of benzene rings is 1. The smallest absolute Gasteiger partial charge is 0.228 e. The molecule has 0 N–H and O–H groups in total. The number of anilines is 1. The van der Waals surface area contributed by atoms with E-state index in [1.165, 1.54) is 0 Å². The highest BCUT2D eigenvalue weighted by Gasteiger charge is 2.29. The van der Waals surface area contributed by atoms with Crippen molar-refractivity contribution >= 4 is 50.9 Å². The molecule has 1 fully saturated rings. The number of carbonyl (C=O) groups excluding carboxylic acids is 1. The molecule has 1 atom stereocenters. The van der Waals surface area contributed by atoms with E-state index in [9.17, 15) is 4.79 Å². The SMILES string of the molecule is N#CSc1ccc(N2CC(Br)CC2=O)c(Cl)c1. The lowest BCUT2D eigenvalue weighted by molar-refractivity contribution is -0.117. The number of nitrogens with zero attached hydrogens (tertiary/aromatic N) is 2. The van der Waals surface area contributed by atoms with Crippen molar-refractivity contribution in [1.29, 1.82) is 5.26 Å². The molecular formula is C11H8BrClN2OS. The number of thiocyanates is 1. The van der Waals surface area contributed by atoms with Gasteiger partial charge in [0.15, 0.2) is 0 Å². The zero-order valence-electron chi connectivity index (χ0n) is 8.69. The van der Waals surface area contributed by atoms with E-state index < -0.39 is 0 Å². The highest BCUT2D eigenvalue weighted by Crippen LogP contribution is 2.33. The van der Waals surface area contributed by atoms with Crippen LogP contribution in [0, 0.1) is 10.7 Å². The lowest BCUT2D eigenvalue weighted by Crippen LogP contribution is -2.24. The topological polar surface area (TPSA) is 44.1 Å². The Bertz CT molecular complexity index is 503. The second-order valence-electron chi connectivity index (χ2n) is 3.61. The Kier molecular flexibility index (Phi) is 3.97. The molecule has 1 heterocycles. The Balaban J connectivity index is 2.28. The maximum absolute atomic E-state index is 11.7. The third-order valence-corrected chi connectivity index (χ3v) is 3.95. The van der Waals surface area contributed by atoms with Crippen LogP contribution in [0.1, 0.15) is 6.42 Å². The lowest BCUT2D eigenvalue weighted by atomic mass is 10.3.